The number of ether oxygens (including phenoxy) is 1. The Bertz CT molecular complexity index is 863. The van der Waals surface area contributed by atoms with Crippen LogP contribution in [0.4, 0.5) is 10.8 Å². The fourth-order valence-corrected chi connectivity index (χ4v) is 3.18. The molecular weight excluding hydrogens is 356 g/mol. The summed E-state index contributed by atoms with van der Waals surface area (Å²) in [5.41, 5.74) is 3.67. The second kappa shape index (κ2) is 7.87. The molecule has 1 aromatic carbocycles. The van der Waals surface area contributed by atoms with Crippen LogP contribution in [0.5, 0.6) is 0 Å². The predicted octanol–water partition coefficient (Wildman–Crippen LogP) is 2.14. The van der Waals surface area contributed by atoms with Gasteiger partial charge in [-0.3, -0.25) is 14.5 Å². The molecule has 0 fully saturated rings. The Labute approximate surface area is 153 Å². The van der Waals surface area contributed by atoms with E-state index in [0.29, 0.717) is 16.5 Å². The number of hydrogen-bond acceptors (Lipinski definition) is 7. The summed E-state index contributed by atoms with van der Waals surface area (Å²) in [5.74, 6) is -0.983. The van der Waals surface area contributed by atoms with Crippen LogP contribution >= 0.6 is 11.3 Å². The van der Waals surface area contributed by atoms with E-state index in [1.807, 2.05) is 30.3 Å². The van der Waals surface area contributed by atoms with Crippen LogP contribution < -0.4 is 10.3 Å². The van der Waals surface area contributed by atoms with E-state index in [9.17, 15) is 14.4 Å². The van der Waals surface area contributed by atoms with Crippen LogP contribution in [0.3, 0.4) is 0 Å². The van der Waals surface area contributed by atoms with Gasteiger partial charge in [-0.1, -0.05) is 18.2 Å². The summed E-state index contributed by atoms with van der Waals surface area (Å²) in [4.78, 5) is 40.9. The molecule has 8 nitrogen and oxygen atoms in total. The number of nitrogens with zero attached hydrogens (tertiary/aromatic N) is 3. The van der Waals surface area contributed by atoms with Gasteiger partial charge in [-0.15, -0.1) is 11.3 Å². The van der Waals surface area contributed by atoms with Gasteiger partial charge in [-0.05, 0) is 12.1 Å². The molecule has 3 rings (SSSR count). The number of thiazole rings is 1. The monoisotopic (exact) mass is 372 g/mol. The first kappa shape index (κ1) is 17.7. The smallest absolute Gasteiger partial charge is 0.354 e. The number of benzene rings is 1. The third-order valence-electron chi connectivity index (χ3n) is 3.55. The van der Waals surface area contributed by atoms with E-state index in [1.165, 1.54) is 23.2 Å². The zero-order valence-corrected chi connectivity index (χ0v) is 14.8. The van der Waals surface area contributed by atoms with Crippen LogP contribution in [0.15, 0.2) is 40.8 Å². The topological polar surface area (TPSA) is 101 Å². The molecule has 0 saturated carbocycles. The minimum absolute atomic E-state index is 0.0389. The van der Waals surface area contributed by atoms with Crippen molar-refractivity contribution in [1.29, 1.82) is 0 Å². The molecule has 1 aliphatic rings. The van der Waals surface area contributed by atoms with Gasteiger partial charge in [-0.25, -0.2) is 15.2 Å². The number of rotatable bonds is 5. The van der Waals surface area contributed by atoms with Gasteiger partial charge in [0.15, 0.2) is 5.13 Å². The van der Waals surface area contributed by atoms with Gasteiger partial charge < -0.3 is 4.74 Å². The van der Waals surface area contributed by atoms with Crippen molar-refractivity contribution in [3.63, 3.8) is 0 Å². The summed E-state index contributed by atoms with van der Waals surface area (Å²) < 4.78 is 5.18. The van der Waals surface area contributed by atoms with Crippen molar-refractivity contribution in [3.8, 4) is 0 Å². The Morgan fingerprint density at radius 3 is 2.69 bits per heavy atom. The van der Waals surface area contributed by atoms with Gasteiger partial charge in [-0.2, -0.15) is 5.10 Å². The average molecular weight is 372 g/mol. The summed E-state index contributed by atoms with van der Waals surface area (Å²) in [7, 11) is 0. The van der Waals surface area contributed by atoms with Gasteiger partial charge in [0.25, 0.3) is 0 Å². The van der Waals surface area contributed by atoms with Gasteiger partial charge >= 0.3 is 5.97 Å². The molecule has 2 heterocycles. The zero-order chi connectivity index (χ0) is 18.5. The Hall–Kier alpha value is -3.07. The number of anilines is 2. The molecule has 1 aromatic heterocycles. The van der Waals surface area contributed by atoms with E-state index < -0.39 is 5.97 Å². The maximum atomic E-state index is 12.0. The lowest BCUT2D eigenvalue weighted by atomic mass is 10.2. The third-order valence-corrected chi connectivity index (χ3v) is 4.43. The molecule has 0 aliphatic carbocycles. The number of para-hydroxylation sites is 1. The second-order valence-corrected chi connectivity index (χ2v) is 6.32. The molecule has 0 spiro atoms. The minimum Gasteiger partial charge on any atom is -0.455 e. The van der Waals surface area contributed by atoms with Crippen LogP contribution in [0.2, 0.25) is 0 Å². The highest BCUT2D eigenvalue weighted by atomic mass is 32.1. The Kier molecular flexibility index (Phi) is 5.37. The number of esters is 1. The van der Waals surface area contributed by atoms with E-state index in [0.717, 1.165) is 0 Å². The van der Waals surface area contributed by atoms with Crippen LogP contribution in [0.1, 0.15) is 25.5 Å². The first-order chi connectivity index (χ1) is 12.5. The molecule has 0 bridgehead atoms. The molecular formula is C17H16N4O4S. The van der Waals surface area contributed by atoms with Crippen LogP contribution in [-0.2, 0) is 25.7 Å². The number of amides is 2. The fraction of sp³-hybridized carbons (Fsp3) is 0.235. The molecule has 0 saturated heterocycles. The standard InChI is InChI=1S/C17H16N4O4S/c1-11(22)21(13-5-3-2-4-6-13)17-18-12(10-26-17)9-25-16(24)14-7-8-15(23)20-19-14/h2-6,10H,7-9H2,1H3,(H,20,23). The molecule has 1 N–H and O–H groups in total. The van der Waals surface area contributed by atoms with Crippen LogP contribution in [0, 0.1) is 0 Å². The van der Waals surface area contributed by atoms with Crippen molar-refractivity contribution in [2.75, 3.05) is 4.90 Å². The Morgan fingerprint density at radius 2 is 2.04 bits per heavy atom. The highest BCUT2D eigenvalue weighted by Gasteiger charge is 2.21. The highest BCUT2D eigenvalue weighted by molar-refractivity contribution is 7.14. The van der Waals surface area contributed by atoms with Crippen molar-refractivity contribution in [1.82, 2.24) is 10.4 Å². The summed E-state index contributed by atoms with van der Waals surface area (Å²) in [6.07, 6.45) is 0.457. The first-order valence-corrected chi connectivity index (χ1v) is 8.75. The summed E-state index contributed by atoms with van der Waals surface area (Å²) in [6, 6.07) is 9.18. The van der Waals surface area contributed by atoms with Crippen molar-refractivity contribution in [2.45, 2.75) is 26.4 Å². The van der Waals surface area contributed by atoms with Crippen LogP contribution in [-0.4, -0.2) is 28.5 Å². The van der Waals surface area contributed by atoms with Crippen molar-refractivity contribution in [3.05, 3.63) is 41.4 Å². The average Bonchev–Trinajstić information content (AvgIpc) is 3.09. The molecule has 9 heteroatoms. The summed E-state index contributed by atoms with van der Waals surface area (Å²) in [5, 5.41) is 5.92. The van der Waals surface area contributed by atoms with Crippen LogP contribution in [0.25, 0.3) is 0 Å². The fourth-order valence-electron chi connectivity index (χ4n) is 2.31. The number of hydrogen-bond donors (Lipinski definition) is 1. The largest absolute Gasteiger partial charge is 0.455 e. The van der Waals surface area contributed by atoms with Gasteiger partial charge in [0.2, 0.25) is 11.8 Å². The van der Waals surface area contributed by atoms with Gasteiger partial charge in [0.05, 0.1) is 11.4 Å². The molecule has 26 heavy (non-hydrogen) atoms. The van der Waals surface area contributed by atoms with E-state index in [1.54, 1.807) is 5.38 Å². The minimum atomic E-state index is -0.592. The Morgan fingerprint density at radius 1 is 1.27 bits per heavy atom. The number of nitrogens with one attached hydrogen (secondary N) is 1. The van der Waals surface area contributed by atoms with E-state index in [2.05, 4.69) is 15.5 Å². The van der Waals surface area contributed by atoms with Crippen molar-refractivity contribution < 1.29 is 19.1 Å². The predicted molar refractivity (Wildman–Crippen MR) is 96.0 cm³/mol. The first-order valence-electron chi connectivity index (χ1n) is 7.87. The van der Waals surface area contributed by atoms with Gasteiger partial charge in [0, 0.05) is 25.1 Å². The molecule has 2 aromatic rings. The quantitative estimate of drug-likeness (QED) is 0.811. The highest BCUT2D eigenvalue weighted by Crippen LogP contribution is 2.28. The van der Waals surface area contributed by atoms with Crippen molar-refractivity contribution in [2.24, 2.45) is 5.10 Å². The van der Waals surface area contributed by atoms with E-state index >= 15 is 0 Å². The number of aromatic nitrogens is 1. The molecule has 0 radical (unpaired) electrons. The molecule has 134 valence electrons. The van der Waals surface area contributed by atoms with Crippen molar-refractivity contribution >= 4 is 45.7 Å². The number of hydrazone groups is 1. The lowest BCUT2D eigenvalue weighted by Gasteiger charge is -2.17. The molecule has 1 aliphatic heterocycles. The second-order valence-electron chi connectivity index (χ2n) is 5.48. The maximum Gasteiger partial charge on any atom is 0.354 e. The van der Waals surface area contributed by atoms with E-state index in [-0.39, 0.29) is 37.0 Å². The molecule has 0 unspecified atom stereocenters. The third kappa shape index (κ3) is 4.12. The lowest BCUT2D eigenvalue weighted by Crippen LogP contribution is -2.30. The van der Waals surface area contributed by atoms with Gasteiger partial charge in [0.1, 0.15) is 12.3 Å². The molecule has 0 atom stereocenters. The SMILES string of the molecule is CC(=O)N(c1ccccc1)c1nc(COC(=O)C2=NNC(=O)CC2)cs1. The zero-order valence-electron chi connectivity index (χ0n) is 14.0. The number of carbonyl (C=O) groups is 3. The summed E-state index contributed by atoms with van der Waals surface area (Å²) >= 11 is 1.28. The maximum absolute atomic E-state index is 12.0. The normalized spacial score (nSPS) is 13.6. The lowest BCUT2D eigenvalue weighted by molar-refractivity contribution is -0.137. The summed E-state index contributed by atoms with van der Waals surface area (Å²) in [6.45, 7) is 1.42. The van der Waals surface area contributed by atoms with E-state index in [4.69, 9.17) is 4.74 Å². The number of carbonyl (C=O) groups excluding carboxylic acids is 3. The molecule has 2 amide bonds. The Balaban J connectivity index is 1.66.